The number of rotatable bonds is 8. The van der Waals surface area contributed by atoms with E-state index in [4.69, 9.17) is 0 Å². The Bertz CT molecular complexity index is 997. The Morgan fingerprint density at radius 1 is 0.903 bits per heavy atom. The van der Waals surface area contributed by atoms with Crippen LogP contribution in [-0.2, 0) is 6.42 Å². The highest BCUT2D eigenvalue weighted by atomic mass is 19.2. The lowest BCUT2D eigenvalue weighted by Crippen LogP contribution is -2.15. The molecule has 31 heavy (non-hydrogen) atoms. The van der Waals surface area contributed by atoms with Crippen LogP contribution in [0, 0.1) is 29.3 Å². The summed E-state index contributed by atoms with van der Waals surface area (Å²) in [6.45, 7) is 7.25. The van der Waals surface area contributed by atoms with E-state index in [0.29, 0.717) is 25.2 Å². The summed E-state index contributed by atoms with van der Waals surface area (Å²) in [4.78, 5) is 0. The Hall–Kier alpha value is -2.43. The van der Waals surface area contributed by atoms with Gasteiger partial charge in [-0.15, -0.1) is 13.2 Å². The van der Waals surface area contributed by atoms with Crippen LogP contribution in [0.1, 0.15) is 56.1 Å². The third-order valence-electron chi connectivity index (χ3n) is 6.25. The predicted octanol–water partition coefficient (Wildman–Crippen LogP) is 8.76. The lowest BCUT2D eigenvalue weighted by molar-refractivity contribution is 0.263. The van der Waals surface area contributed by atoms with Gasteiger partial charge >= 0.3 is 0 Å². The van der Waals surface area contributed by atoms with Gasteiger partial charge in [-0.3, -0.25) is 0 Å². The smallest absolute Gasteiger partial charge is 0.170 e. The van der Waals surface area contributed by atoms with E-state index in [1.54, 1.807) is 6.08 Å². The first-order valence-corrected chi connectivity index (χ1v) is 10.7. The maximum absolute atomic E-state index is 14.9. The first-order chi connectivity index (χ1) is 14.9. The van der Waals surface area contributed by atoms with E-state index in [-0.39, 0.29) is 17.4 Å². The summed E-state index contributed by atoms with van der Waals surface area (Å²) in [7, 11) is 0. The molecule has 0 amide bonds. The molecular weight excluding hydrogens is 407 g/mol. The molecule has 2 aromatic rings. The highest BCUT2D eigenvalue weighted by Gasteiger charge is 2.29. The minimum atomic E-state index is -1.57. The molecule has 0 unspecified atom stereocenters. The van der Waals surface area contributed by atoms with Gasteiger partial charge in [0.2, 0.25) is 0 Å². The molecule has 0 saturated heterocycles. The molecule has 0 spiro atoms. The van der Waals surface area contributed by atoms with Crippen LogP contribution in [0.2, 0.25) is 0 Å². The minimum absolute atomic E-state index is 0.00941. The van der Waals surface area contributed by atoms with E-state index in [0.717, 1.165) is 31.7 Å². The molecule has 1 fully saturated rings. The molecule has 1 aliphatic rings. The molecule has 0 radical (unpaired) electrons. The molecule has 1 aliphatic carbocycles. The summed E-state index contributed by atoms with van der Waals surface area (Å²) in [5.41, 5.74) is -0.580. The Labute approximate surface area is 180 Å². The monoisotopic (exact) mass is 434 g/mol. The van der Waals surface area contributed by atoms with E-state index < -0.39 is 46.0 Å². The van der Waals surface area contributed by atoms with Gasteiger partial charge in [-0.05, 0) is 74.3 Å². The summed E-state index contributed by atoms with van der Waals surface area (Å²) in [5, 5.41) is -0.552. The van der Waals surface area contributed by atoms with Crippen LogP contribution in [0.4, 0.5) is 22.0 Å². The predicted molar refractivity (Wildman–Crippen MR) is 116 cm³/mol. The molecule has 1 saturated carbocycles. The molecule has 2 aromatic carbocycles. The fourth-order valence-corrected chi connectivity index (χ4v) is 4.40. The fourth-order valence-electron chi connectivity index (χ4n) is 4.40. The van der Waals surface area contributed by atoms with Crippen LogP contribution in [0.15, 0.2) is 49.3 Å². The van der Waals surface area contributed by atoms with Crippen molar-refractivity contribution in [1.82, 2.24) is 0 Å². The topological polar surface area (TPSA) is 0 Å². The summed E-state index contributed by atoms with van der Waals surface area (Å²) < 4.78 is 73.8. The second-order valence-electron chi connectivity index (χ2n) is 8.26. The van der Waals surface area contributed by atoms with Crippen molar-refractivity contribution in [1.29, 1.82) is 0 Å². The lowest BCUT2D eigenvalue weighted by atomic mass is 9.79. The van der Waals surface area contributed by atoms with Gasteiger partial charge in [-0.1, -0.05) is 24.3 Å². The van der Waals surface area contributed by atoms with Gasteiger partial charge in [0.05, 0.1) is 10.9 Å². The zero-order valence-electron chi connectivity index (χ0n) is 17.5. The van der Waals surface area contributed by atoms with Gasteiger partial charge in [0.15, 0.2) is 17.5 Å². The fraction of sp³-hybridized carbons (Fsp3) is 0.385. The molecule has 0 aliphatic heterocycles. The molecule has 0 atom stereocenters. The van der Waals surface area contributed by atoms with Crippen LogP contribution < -0.4 is 0 Å². The Balaban J connectivity index is 1.92. The van der Waals surface area contributed by atoms with Crippen molar-refractivity contribution >= 4 is 16.6 Å². The van der Waals surface area contributed by atoms with E-state index in [2.05, 4.69) is 13.2 Å². The average Bonchev–Trinajstić information content (AvgIpc) is 2.78. The molecule has 0 heterocycles. The number of hydrogen-bond acceptors (Lipinski definition) is 0. The van der Waals surface area contributed by atoms with Gasteiger partial charge in [-0.25, -0.2) is 22.0 Å². The van der Waals surface area contributed by atoms with E-state index in [1.165, 1.54) is 12.1 Å². The molecule has 3 rings (SSSR count). The second-order valence-corrected chi connectivity index (χ2v) is 8.26. The van der Waals surface area contributed by atoms with Crippen LogP contribution in [0.25, 0.3) is 16.6 Å². The first-order valence-electron chi connectivity index (χ1n) is 10.7. The van der Waals surface area contributed by atoms with E-state index in [9.17, 15) is 22.0 Å². The quantitative estimate of drug-likeness (QED) is 0.288. The number of allylic oxidation sites excluding steroid dienone is 3. The zero-order chi connectivity index (χ0) is 22.5. The van der Waals surface area contributed by atoms with Gasteiger partial charge in [-0.2, -0.15) is 0 Å². The lowest BCUT2D eigenvalue weighted by Gasteiger charge is -2.27. The zero-order valence-corrected chi connectivity index (χ0v) is 17.5. The van der Waals surface area contributed by atoms with Crippen molar-refractivity contribution < 1.29 is 22.0 Å². The summed E-state index contributed by atoms with van der Waals surface area (Å²) in [5.74, 6) is -6.62. The molecule has 0 bridgehead atoms. The van der Waals surface area contributed by atoms with Gasteiger partial charge < -0.3 is 0 Å². The highest BCUT2D eigenvalue weighted by Crippen LogP contribution is 2.40. The number of halogens is 5. The Morgan fingerprint density at radius 3 is 2.23 bits per heavy atom. The third kappa shape index (κ3) is 4.91. The van der Waals surface area contributed by atoms with Crippen molar-refractivity contribution in [3.8, 4) is 0 Å². The summed E-state index contributed by atoms with van der Waals surface area (Å²) >= 11 is 0. The highest BCUT2D eigenvalue weighted by molar-refractivity contribution is 5.88. The minimum Gasteiger partial charge on any atom is -0.208 e. The van der Waals surface area contributed by atoms with Crippen molar-refractivity contribution in [3.63, 3.8) is 0 Å². The molecule has 0 nitrogen and oxygen atoms in total. The SMILES string of the molecule is C=CCCc1ccc2cc(C(F)=C(F)C3CCC(CCC=C)CC3)c(F)c(F)c2c1F. The van der Waals surface area contributed by atoms with Gasteiger partial charge in [0.25, 0.3) is 0 Å². The number of benzene rings is 2. The van der Waals surface area contributed by atoms with Crippen LogP contribution in [-0.4, -0.2) is 0 Å². The third-order valence-corrected chi connectivity index (χ3v) is 6.25. The van der Waals surface area contributed by atoms with Crippen LogP contribution >= 0.6 is 0 Å². The maximum Gasteiger partial charge on any atom is 0.170 e. The Morgan fingerprint density at radius 2 is 1.58 bits per heavy atom. The number of hydrogen-bond donors (Lipinski definition) is 0. The number of aryl methyl sites for hydroxylation is 1. The molecule has 0 aromatic heterocycles. The Kier molecular flexibility index (Phi) is 7.69. The van der Waals surface area contributed by atoms with Crippen molar-refractivity contribution in [2.45, 2.75) is 51.4 Å². The second kappa shape index (κ2) is 10.3. The molecule has 0 N–H and O–H groups in total. The van der Waals surface area contributed by atoms with Crippen molar-refractivity contribution in [3.05, 3.63) is 77.9 Å². The molecule has 166 valence electrons. The average molecular weight is 434 g/mol. The summed E-state index contributed by atoms with van der Waals surface area (Å²) in [6.07, 6.45) is 8.48. The van der Waals surface area contributed by atoms with E-state index >= 15 is 0 Å². The van der Waals surface area contributed by atoms with Gasteiger partial charge in [0, 0.05) is 5.92 Å². The van der Waals surface area contributed by atoms with Crippen LogP contribution in [0.5, 0.6) is 0 Å². The maximum atomic E-state index is 14.9. The summed E-state index contributed by atoms with van der Waals surface area (Å²) in [6, 6.07) is 3.84. The molecule has 5 heteroatoms. The normalized spacial score (nSPS) is 19.9. The van der Waals surface area contributed by atoms with E-state index in [1.807, 2.05) is 6.08 Å². The molecular formula is C26H27F5. The van der Waals surface area contributed by atoms with Crippen LogP contribution in [0.3, 0.4) is 0 Å². The first kappa shape index (κ1) is 23.2. The standard InChI is InChI=1S/C26H27F5/c1-3-5-7-16-9-11-18(12-10-16)23(28)24(29)20-15-19-14-13-17(8-6-4-2)22(27)21(19)26(31)25(20)30/h3-4,13-16,18H,1-2,5-12H2. The number of fused-ring (bicyclic) bond motifs is 1. The van der Waals surface area contributed by atoms with Crippen molar-refractivity contribution in [2.75, 3.05) is 0 Å². The largest absolute Gasteiger partial charge is 0.208 e. The van der Waals surface area contributed by atoms with Crippen molar-refractivity contribution in [2.24, 2.45) is 11.8 Å². The van der Waals surface area contributed by atoms with Gasteiger partial charge in [0.1, 0.15) is 11.6 Å².